The van der Waals surface area contributed by atoms with Gasteiger partial charge in [-0.15, -0.1) is 0 Å². The molecule has 0 bridgehead atoms. The van der Waals surface area contributed by atoms with Crippen molar-refractivity contribution in [2.75, 3.05) is 0 Å². The third-order valence-electron chi connectivity index (χ3n) is 2.81. The van der Waals surface area contributed by atoms with E-state index in [0.29, 0.717) is 11.1 Å². The van der Waals surface area contributed by atoms with Gasteiger partial charge >= 0.3 is 0 Å². The molecule has 0 saturated carbocycles. The second-order valence-electron chi connectivity index (χ2n) is 4.16. The van der Waals surface area contributed by atoms with Crippen LogP contribution in [-0.2, 0) is 0 Å². The minimum Gasteiger partial charge on any atom is -0.508 e. The van der Waals surface area contributed by atoms with Gasteiger partial charge in [-0.2, -0.15) is 0 Å². The van der Waals surface area contributed by atoms with Crippen molar-refractivity contribution in [3.63, 3.8) is 0 Å². The monoisotopic (exact) mass is 230 g/mol. The summed E-state index contributed by atoms with van der Waals surface area (Å²) < 4.78 is 0. The summed E-state index contributed by atoms with van der Waals surface area (Å²) in [6, 6.07) is 7.77. The van der Waals surface area contributed by atoms with E-state index in [1.165, 1.54) is 18.2 Å². The summed E-state index contributed by atoms with van der Waals surface area (Å²) in [4.78, 5) is 0. The molecule has 2 rings (SSSR count). The van der Waals surface area contributed by atoms with Crippen molar-refractivity contribution in [3.05, 3.63) is 41.5 Å². The third-order valence-corrected chi connectivity index (χ3v) is 2.81. The van der Waals surface area contributed by atoms with E-state index in [2.05, 4.69) is 0 Å². The molecule has 0 aliphatic carbocycles. The van der Waals surface area contributed by atoms with Crippen molar-refractivity contribution in [1.82, 2.24) is 0 Å². The molecule has 0 unspecified atom stereocenters. The summed E-state index contributed by atoms with van der Waals surface area (Å²) in [5.41, 5.74) is 2.94. The highest BCUT2D eigenvalue weighted by atomic mass is 16.3. The quantitative estimate of drug-likeness (QED) is 0.660. The number of hydrogen-bond acceptors (Lipinski definition) is 3. The molecule has 0 fully saturated rings. The highest BCUT2D eigenvalue weighted by molar-refractivity contribution is 5.75. The molecule has 0 saturated heterocycles. The number of rotatable bonds is 1. The molecule has 88 valence electrons. The largest absolute Gasteiger partial charge is 0.508 e. The molecule has 0 amide bonds. The first kappa shape index (κ1) is 11.3. The fourth-order valence-electron chi connectivity index (χ4n) is 1.87. The van der Waals surface area contributed by atoms with Crippen molar-refractivity contribution in [1.29, 1.82) is 0 Å². The Bertz CT molecular complexity index is 574. The fourth-order valence-corrected chi connectivity index (χ4v) is 1.87. The average Bonchev–Trinajstić information content (AvgIpc) is 2.27. The van der Waals surface area contributed by atoms with Gasteiger partial charge in [0.05, 0.1) is 0 Å². The Morgan fingerprint density at radius 2 is 1.41 bits per heavy atom. The van der Waals surface area contributed by atoms with Crippen LogP contribution in [-0.4, -0.2) is 15.3 Å². The van der Waals surface area contributed by atoms with E-state index < -0.39 is 0 Å². The Hall–Kier alpha value is -2.16. The number of phenols is 3. The molecule has 2 aromatic rings. The zero-order valence-corrected chi connectivity index (χ0v) is 9.73. The van der Waals surface area contributed by atoms with Gasteiger partial charge in [-0.3, -0.25) is 0 Å². The zero-order valence-electron chi connectivity index (χ0n) is 9.73. The summed E-state index contributed by atoms with van der Waals surface area (Å²) in [5, 5.41) is 28.9. The third kappa shape index (κ3) is 2.04. The molecule has 0 aliphatic heterocycles. The lowest BCUT2D eigenvalue weighted by Crippen LogP contribution is -1.86. The van der Waals surface area contributed by atoms with Crippen LogP contribution in [0.2, 0.25) is 0 Å². The fraction of sp³-hybridized carbons (Fsp3) is 0.143. The highest BCUT2D eigenvalue weighted by Crippen LogP contribution is 2.36. The topological polar surface area (TPSA) is 60.7 Å². The highest BCUT2D eigenvalue weighted by Gasteiger charge is 2.10. The smallest absolute Gasteiger partial charge is 0.123 e. The minimum atomic E-state index is 0.0779. The Labute approximate surface area is 99.6 Å². The predicted octanol–water partition coefficient (Wildman–Crippen LogP) is 3.09. The molecule has 3 nitrogen and oxygen atoms in total. The Morgan fingerprint density at radius 1 is 0.706 bits per heavy atom. The standard InChI is InChI=1S/C14H14O3/c1-8-5-9(2)14(17)7-11(8)12-6-10(15)3-4-13(12)16/h3-7,15-17H,1-2H3. The Balaban J connectivity index is 2.68. The molecule has 0 aliphatic rings. The zero-order chi connectivity index (χ0) is 12.6. The van der Waals surface area contributed by atoms with Gasteiger partial charge in [0.1, 0.15) is 17.2 Å². The van der Waals surface area contributed by atoms with E-state index in [-0.39, 0.29) is 17.2 Å². The summed E-state index contributed by atoms with van der Waals surface area (Å²) in [5.74, 6) is 0.333. The van der Waals surface area contributed by atoms with Crippen LogP contribution in [0.1, 0.15) is 11.1 Å². The van der Waals surface area contributed by atoms with Crippen molar-refractivity contribution < 1.29 is 15.3 Å². The van der Waals surface area contributed by atoms with E-state index in [0.717, 1.165) is 11.1 Å². The minimum absolute atomic E-state index is 0.0779. The van der Waals surface area contributed by atoms with Gasteiger partial charge < -0.3 is 15.3 Å². The Kier molecular flexibility index (Phi) is 2.68. The van der Waals surface area contributed by atoms with Gasteiger partial charge in [-0.25, -0.2) is 0 Å². The van der Waals surface area contributed by atoms with Gasteiger partial charge in [-0.05, 0) is 54.8 Å². The lowest BCUT2D eigenvalue weighted by atomic mass is 9.97. The molecule has 0 radical (unpaired) electrons. The number of benzene rings is 2. The molecule has 0 spiro atoms. The molecule has 17 heavy (non-hydrogen) atoms. The Morgan fingerprint density at radius 3 is 2.12 bits per heavy atom. The second-order valence-corrected chi connectivity index (χ2v) is 4.16. The second kappa shape index (κ2) is 4.01. The first-order valence-electron chi connectivity index (χ1n) is 5.31. The molecule has 3 N–H and O–H groups in total. The predicted molar refractivity (Wildman–Crippen MR) is 66.3 cm³/mol. The van der Waals surface area contributed by atoms with Gasteiger partial charge in [0.25, 0.3) is 0 Å². The average molecular weight is 230 g/mol. The maximum absolute atomic E-state index is 9.78. The van der Waals surface area contributed by atoms with Gasteiger partial charge in [0.2, 0.25) is 0 Å². The first-order chi connectivity index (χ1) is 7.99. The number of hydrogen-bond donors (Lipinski definition) is 3. The van der Waals surface area contributed by atoms with Gasteiger partial charge in [0.15, 0.2) is 0 Å². The molecule has 0 heterocycles. The van der Waals surface area contributed by atoms with Crippen LogP contribution >= 0.6 is 0 Å². The molecule has 3 heteroatoms. The molecule has 0 atom stereocenters. The molecular weight excluding hydrogens is 216 g/mol. The number of phenolic OH excluding ortho intramolecular Hbond substituents is 3. The van der Waals surface area contributed by atoms with Gasteiger partial charge in [-0.1, -0.05) is 6.07 Å². The van der Waals surface area contributed by atoms with E-state index in [1.807, 2.05) is 19.9 Å². The summed E-state index contributed by atoms with van der Waals surface area (Å²) in [6.07, 6.45) is 0. The van der Waals surface area contributed by atoms with Crippen molar-refractivity contribution in [2.24, 2.45) is 0 Å². The van der Waals surface area contributed by atoms with E-state index >= 15 is 0 Å². The summed E-state index contributed by atoms with van der Waals surface area (Å²) in [7, 11) is 0. The maximum Gasteiger partial charge on any atom is 0.123 e. The van der Waals surface area contributed by atoms with Crippen molar-refractivity contribution >= 4 is 0 Å². The SMILES string of the molecule is Cc1cc(C)c(-c2cc(O)ccc2O)cc1O. The molecular formula is C14H14O3. The van der Waals surface area contributed by atoms with Crippen LogP contribution in [0.3, 0.4) is 0 Å². The maximum atomic E-state index is 9.78. The van der Waals surface area contributed by atoms with E-state index in [9.17, 15) is 15.3 Å². The van der Waals surface area contributed by atoms with E-state index in [1.54, 1.807) is 6.07 Å². The van der Waals surface area contributed by atoms with Crippen LogP contribution in [0.15, 0.2) is 30.3 Å². The van der Waals surface area contributed by atoms with Crippen LogP contribution < -0.4 is 0 Å². The number of aryl methyl sites for hydroxylation is 2. The van der Waals surface area contributed by atoms with Gasteiger partial charge in [0, 0.05) is 5.56 Å². The summed E-state index contributed by atoms with van der Waals surface area (Å²) in [6.45, 7) is 3.71. The molecule has 0 aromatic heterocycles. The summed E-state index contributed by atoms with van der Waals surface area (Å²) >= 11 is 0. The lowest BCUT2D eigenvalue weighted by Gasteiger charge is -2.11. The number of aromatic hydroxyl groups is 3. The van der Waals surface area contributed by atoms with Crippen LogP contribution in [0.5, 0.6) is 17.2 Å². The van der Waals surface area contributed by atoms with Crippen molar-refractivity contribution in [3.8, 4) is 28.4 Å². The van der Waals surface area contributed by atoms with Crippen LogP contribution in [0.4, 0.5) is 0 Å². The van der Waals surface area contributed by atoms with Crippen molar-refractivity contribution in [2.45, 2.75) is 13.8 Å². The normalized spacial score (nSPS) is 10.5. The molecule has 2 aromatic carbocycles. The van der Waals surface area contributed by atoms with Crippen LogP contribution in [0.25, 0.3) is 11.1 Å². The van der Waals surface area contributed by atoms with Crippen LogP contribution in [0, 0.1) is 13.8 Å². The first-order valence-corrected chi connectivity index (χ1v) is 5.31. The lowest BCUT2D eigenvalue weighted by molar-refractivity contribution is 0.461. The van der Waals surface area contributed by atoms with E-state index in [4.69, 9.17) is 0 Å².